The highest BCUT2D eigenvalue weighted by Crippen LogP contribution is 2.26. The Labute approximate surface area is 141 Å². The number of nitrogens with zero attached hydrogens (tertiary/aromatic N) is 3. The lowest BCUT2D eigenvalue weighted by atomic mass is 9.90. The van der Waals surface area contributed by atoms with Gasteiger partial charge < -0.3 is 5.32 Å². The maximum absolute atomic E-state index is 12.8. The number of aromatic nitrogens is 3. The van der Waals surface area contributed by atoms with Crippen molar-refractivity contribution in [3.05, 3.63) is 53.3 Å². The average molecular weight is 322 g/mol. The Morgan fingerprint density at radius 3 is 2.46 bits per heavy atom. The fourth-order valence-electron chi connectivity index (χ4n) is 2.52. The van der Waals surface area contributed by atoms with Gasteiger partial charge in [0.15, 0.2) is 5.65 Å². The third-order valence-corrected chi connectivity index (χ3v) is 4.03. The van der Waals surface area contributed by atoms with Crippen molar-refractivity contribution in [3.63, 3.8) is 0 Å². The van der Waals surface area contributed by atoms with Crippen LogP contribution in [0.3, 0.4) is 0 Å². The molecule has 0 atom stereocenters. The van der Waals surface area contributed by atoms with E-state index in [-0.39, 0.29) is 11.3 Å². The largest absolute Gasteiger partial charge is 0.322 e. The molecule has 0 aliphatic heterocycles. The number of aryl methyl sites for hydroxylation is 2. The van der Waals surface area contributed by atoms with Gasteiger partial charge in [0, 0.05) is 23.8 Å². The summed E-state index contributed by atoms with van der Waals surface area (Å²) in [6.45, 7) is 8.26. The van der Waals surface area contributed by atoms with Crippen molar-refractivity contribution in [2.45, 2.75) is 33.1 Å². The molecule has 0 saturated heterocycles. The SMILES string of the molecule is Cc1ccc(NC(=O)c2cc(C(C)(C)C)nc3c2cnn3C)cc1. The number of hydrogen-bond acceptors (Lipinski definition) is 3. The molecule has 0 spiro atoms. The Bertz CT molecular complexity index is 902. The first kappa shape index (κ1) is 16.2. The first-order chi connectivity index (χ1) is 11.3. The Morgan fingerprint density at radius 2 is 1.83 bits per heavy atom. The van der Waals surface area contributed by atoms with Crippen molar-refractivity contribution in [3.8, 4) is 0 Å². The molecule has 0 aliphatic rings. The van der Waals surface area contributed by atoms with E-state index in [0.717, 1.165) is 28.0 Å². The monoisotopic (exact) mass is 322 g/mol. The van der Waals surface area contributed by atoms with Crippen LogP contribution in [-0.4, -0.2) is 20.7 Å². The van der Waals surface area contributed by atoms with Crippen LogP contribution in [0.25, 0.3) is 11.0 Å². The smallest absolute Gasteiger partial charge is 0.256 e. The summed E-state index contributed by atoms with van der Waals surface area (Å²) in [5.41, 5.74) is 3.96. The van der Waals surface area contributed by atoms with Crippen molar-refractivity contribution >= 4 is 22.6 Å². The van der Waals surface area contributed by atoms with Gasteiger partial charge in [-0.3, -0.25) is 9.48 Å². The quantitative estimate of drug-likeness (QED) is 0.780. The van der Waals surface area contributed by atoms with Gasteiger partial charge in [-0.15, -0.1) is 0 Å². The molecule has 0 radical (unpaired) electrons. The summed E-state index contributed by atoms with van der Waals surface area (Å²) in [6, 6.07) is 9.62. The Morgan fingerprint density at radius 1 is 1.17 bits per heavy atom. The number of rotatable bonds is 2. The molecule has 1 N–H and O–H groups in total. The summed E-state index contributed by atoms with van der Waals surface area (Å²) in [5, 5.41) is 7.98. The molecule has 0 fully saturated rings. The summed E-state index contributed by atoms with van der Waals surface area (Å²) < 4.78 is 1.70. The Kier molecular flexibility index (Phi) is 3.87. The van der Waals surface area contributed by atoms with Gasteiger partial charge >= 0.3 is 0 Å². The van der Waals surface area contributed by atoms with Crippen molar-refractivity contribution in [1.29, 1.82) is 0 Å². The van der Waals surface area contributed by atoms with Crippen LogP contribution in [0.1, 0.15) is 42.4 Å². The molecule has 1 amide bonds. The van der Waals surface area contributed by atoms with Crippen molar-refractivity contribution in [2.75, 3.05) is 5.32 Å². The second kappa shape index (κ2) is 5.74. The van der Waals surface area contributed by atoms with E-state index in [0.29, 0.717) is 5.56 Å². The van der Waals surface area contributed by atoms with E-state index < -0.39 is 0 Å². The van der Waals surface area contributed by atoms with Crippen LogP contribution in [-0.2, 0) is 12.5 Å². The average Bonchev–Trinajstić information content (AvgIpc) is 2.89. The van der Waals surface area contributed by atoms with Crippen LogP contribution in [0.15, 0.2) is 36.5 Å². The number of fused-ring (bicyclic) bond motifs is 1. The molecular formula is C19H22N4O. The van der Waals surface area contributed by atoms with Crippen LogP contribution < -0.4 is 5.32 Å². The highest BCUT2D eigenvalue weighted by atomic mass is 16.1. The maximum atomic E-state index is 12.8. The standard InChI is InChI=1S/C19H22N4O/c1-12-6-8-13(9-7-12)21-18(24)14-10-16(19(2,3)4)22-17-15(14)11-20-23(17)5/h6-11H,1-5H3,(H,21,24). The van der Waals surface area contributed by atoms with Gasteiger partial charge in [-0.2, -0.15) is 5.10 Å². The van der Waals surface area contributed by atoms with E-state index >= 15 is 0 Å². The zero-order valence-electron chi connectivity index (χ0n) is 14.7. The Hall–Kier alpha value is -2.69. The van der Waals surface area contributed by atoms with Gasteiger partial charge in [0.25, 0.3) is 5.91 Å². The summed E-state index contributed by atoms with van der Waals surface area (Å²) in [7, 11) is 1.84. The minimum atomic E-state index is -0.155. The Balaban J connectivity index is 2.07. The molecule has 0 unspecified atom stereocenters. The zero-order chi connectivity index (χ0) is 17.5. The lowest BCUT2D eigenvalue weighted by Crippen LogP contribution is -2.18. The summed E-state index contributed by atoms with van der Waals surface area (Å²) in [5.74, 6) is -0.148. The van der Waals surface area contributed by atoms with Gasteiger partial charge in [-0.25, -0.2) is 4.98 Å². The fraction of sp³-hybridized carbons (Fsp3) is 0.316. The number of carbonyl (C=O) groups is 1. The normalized spacial score (nSPS) is 11.7. The number of benzene rings is 1. The molecule has 0 saturated carbocycles. The summed E-state index contributed by atoms with van der Waals surface area (Å²) >= 11 is 0. The molecular weight excluding hydrogens is 300 g/mol. The predicted octanol–water partition coefficient (Wildman–Crippen LogP) is 3.83. The topological polar surface area (TPSA) is 59.8 Å². The van der Waals surface area contributed by atoms with Gasteiger partial charge in [0.1, 0.15) is 0 Å². The van der Waals surface area contributed by atoms with Crippen molar-refractivity contribution < 1.29 is 4.79 Å². The number of nitrogens with one attached hydrogen (secondary N) is 1. The minimum Gasteiger partial charge on any atom is -0.322 e. The van der Waals surface area contributed by atoms with Crippen LogP contribution in [0.2, 0.25) is 0 Å². The second-order valence-electron chi connectivity index (χ2n) is 7.13. The summed E-state index contributed by atoms with van der Waals surface area (Å²) in [6.07, 6.45) is 1.69. The fourth-order valence-corrected chi connectivity index (χ4v) is 2.52. The highest BCUT2D eigenvalue weighted by Gasteiger charge is 2.22. The number of hydrogen-bond donors (Lipinski definition) is 1. The number of pyridine rings is 1. The van der Waals surface area contributed by atoms with E-state index in [9.17, 15) is 4.79 Å². The van der Waals surface area contributed by atoms with E-state index in [2.05, 4.69) is 36.2 Å². The highest BCUT2D eigenvalue weighted by molar-refractivity contribution is 6.12. The van der Waals surface area contributed by atoms with Crippen LogP contribution in [0, 0.1) is 6.92 Å². The minimum absolute atomic E-state index is 0.148. The van der Waals surface area contributed by atoms with Crippen LogP contribution >= 0.6 is 0 Å². The molecule has 2 aromatic heterocycles. The zero-order valence-corrected chi connectivity index (χ0v) is 14.7. The third-order valence-electron chi connectivity index (χ3n) is 4.03. The molecule has 3 aromatic rings. The first-order valence-corrected chi connectivity index (χ1v) is 7.97. The predicted molar refractivity (Wildman–Crippen MR) is 96.3 cm³/mol. The lowest BCUT2D eigenvalue weighted by Gasteiger charge is -2.19. The first-order valence-electron chi connectivity index (χ1n) is 7.97. The molecule has 2 heterocycles. The van der Waals surface area contributed by atoms with Crippen molar-refractivity contribution in [2.24, 2.45) is 7.05 Å². The third kappa shape index (κ3) is 3.02. The molecule has 124 valence electrons. The summed E-state index contributed by atoms with van der Waals surface area (Å²) in [4.78, 5) is 17.5. The molecule has 0 bridgehead atoms. The molecule has 5 heteroatoms. The van der Waals surface area contributed by atoms with Gasteiger partial charge in [0.05, 0.1) is 17.1 Å². The van der Waals surface area contributed by atoms with E-state index in [1.54, 1.807) is 10.9 Å². The van der Waals surface area contributed by atoms with Crippen LogP contribution in [0.5, 0.6) is 0 Å². The van der Waals surface area contributed by atoms with Gasteiger partial charge in [0.2, 0.25) is 0 Å². The van der Waals surface area contributed by atoms with Gasteiger partial charge in [-0.05, 0) is 25.1 Å². The molecule has 3 rings (SSSR count). The van der Waals surface area contributed by atoms with Gasteiger partial charge in [-0.1, -0.05) is 38.5 Å². The molecule has 1 aromatic carbocycles. The number of carbonyl (C=O) groups excluding carboxylic acids is 1. The molecule has 24 heavy (non-hydrogen) atoms. The molecule has 5 nitrogen and oxygen atoms in total. The number of anilines is 1. The molecule has 0 aliphatic carbocycles. The maximum Gasteiger partial charge on any atom is 0.256 e. The van der Waals surface area contributed by atoms with Crippen LogP contribution in [0.4, 0.5) is 5.69 Å². The van der Waals surface area contributed by atoms with Crippen molar-refractivity contribution in [1.82, 2.24) is 14.8 Å². The van der Waals surface area contributed by atoms with E-state index in [1.807, 2.05) is 44.3 Å². The van der Waals surface area contributed by atoms with E-state index in [4.69, 9.17) is 0 Å². The second-order valence-corrected chi connectivity index (χ2v) is 7.13. The lowest BCUT2D eigenvalue weighted by molar-refractivity contribution is 0.102. The van der Waals surface area contributed by atoms with E-state index in [1.165, 1.54) is 0 Å². The number of amides is 1.